The van der Waals surface area contributed by atoms with Crippen molar-refractivity contribution in [3.8, 4) is 5.75 Å². The molecule has 0 bridgehead atoms. The van der Waals surface area contributed by atoms with Crippen molar-refractivity contribution in [2.75, 3.05) is 20.2 Å². The molecule has 25 heavy (non-hydrogen) atoms. The van der Waals surface area contributed by atoms with Gasteiger partial charge in [0.25, 0.3) is 0 Å². The number of nitrogens with zero attached hydrogens (tertiary/aromatic N) is 1. The number of hydrogen-bond acceptors (Lipinski definition) is 5. The average molecular weight is 350 g/mol. The Morgan fingerprint density at radius 1 is 1.32 bits per heavy atom. The molecule has 1 aromatic carbocycles. The Kier molecular flexibility index (Phi) is 6.30. The van der Waals surface area contributed by atoms with Crippen LogP contribution in [0.15, 0.2) is 24.3 Å². The quantitative estimate of drug-likeness (QED) is 0.854. The summed E-state index contributed by atoms with van der Waals surface area (Å²) in [5, 5.41) is 12.9. The van der Waals surface area contributed by atoms with Gasteiger partial charge in [-0.15, -0.1) is 0 Å². The highest BCUT2D eigenvalue weighted by molar-refractivity contribution is 5.68. The first-order chi connectivity index (χ1) is 11.7. The summed E-state index contributed by atoms with van der Waals surface area (Å²) >= 11 is 0. The number of carbonyl (C=O) groups excluding carboxylic acids is 1. The monoisotopic (exact) mass is 350 g/mol. The molecule has 2 unspecified atom stereocenters. The van der Waals surface area contributed by atoms with Crippen LogP contribution in [0, 0.1) is 0 Å². The molecule has 1 fully saturated rings. The predicted molar refractivity (Wildman–Crippen MR) is 96.8 cm³/mol. The van der Waals surface area contributed by atoms with E-state index in [2.05, 4.69) is 12.2 Å². The van der Waals surface area contributed by atoms with Crippen molar-refractivity contribution in [3.05, 3.63) is 29.8 Å². The lowest BCUT2D eigenvalue weighted by molar-refractivity contribution is 0.0252. The highest BCUT2D eigenvalue weighted by atomic mass is 16.6. The van der Waals surface area contributed by atoms with Gasteiger partial charge in [-0.2, -0.15) is 0 Å². The zero-order valence-electron chi connectivity index (χ0n) is 15.8. The van der Waals surface area contributed by atoms with Crippen molar-refractivity contribution in [2.45, 2.75) is 57.9 Å². The second-order valence-corrected chi connectivity index (χ2v) is 7.70. The summed E-state index contributed by atoms with van der Waals surface area (Å²) in [7, 11) is 1.67. The van der Waals surface area contributed by atoms with E-state index in [0.29, 0.717) is 13.1 Å². The van der Waals surface area contributed by atoms with E-state index >= 15 is 0 Å². The number of amides is 1. The Hall–Kier alpha value is -1.79. The molecule has 6 nitrogen and oxygen atoms in total. The van der Waals surface area contributed by atoms with Gasteiger partial charge in [-0.05, 0) is 51.8 Å². The van der Waals surface area contributed by atoms with Gasteiger partial charge in [0.05, 0.1) is 18.7 Å². The van der Waals surface area contributed by atoms with Crippen LogP contribution in [0.3, 0.4) is 0 Å². The fourth-order valence-electron chi connectivity index (χ4n) is 3.06. The summed E-state index contributed by atoms with van der Waals surface area (Å²) in [6.45, 7) is 8.79. The van der Waals surface area contributed by atoms with Gasteiger partial charge in [0.1, 0.15) is 11.4 Å². The highest BCUT2D eigenvalue weighted by Crippen LogP contribution is 2.19. The van der Waals surface area contributed by atoms with Crippen molar-refractivity contribution in [1.29, 1.82) is 0 Å². The third-order valence-corrected chi connectivity index (χ3v) is 4.20. The molecule has 0 spiro atoms. The van der Waals surface area contributed by atoms with Gasteiger partial charge in [-0.3, -0.25) is 0 Å². The lowest BCUT2D eigenvalue weighted by atomic mass is 10.1. The maximum absolute atomic E-state index is 12.3. The van der Waals surface area contributed by atoms with Crippen LogP contribution in [0.1, 0.15) is 33.3 Å². The molecule has 140 valence electrons. The van der Waals surface area contributed by atoms with Crippen LogP contribution >= 0.6 is 0 Å². The molecule has 0 aromatic heterocycles. The zero-order chi connectivity index (χ0) is 18.6. The number of likely N-dealkylation sites (tertiary alicyclic amines) is 1. The molecule has 3 atom stereocenters. The molecular weight excluding hydrogens is 320 g/mol. The van der Waals surface area contributed by atoms with Crippen molar-refractivity contribution < 1.29 is 19.4 Å². The molecule has 1 amide bonds. The third-order valence-electron chi connectivity index (χ3n) is 4.20. The molecular formula is C19H30N2O4. The van der Waals surface area contributed by atoms with E-state index < -0.39 is 5.60 Å². The van der Waals surface area contributed by atoms with Crippen LogP contribution in [0.5, 0.6) is 5.75 Å². The van der Waals surface area contributed by atoms with Crippen molar-refractivity contribution >= 4 is 6.09 Å². The molecule has 1 aliphatic heterocycles. The van der Waals surface area contributed by atoms with Gasteiger partial charge in [-0.1, -0.05) is 12.1 Å². The van der Waals surface area contributed by atoms with Gasteiger partial charge in [-0.25, -0.2) is 4.79 Å². The smallest absolute Gasteiger partial charge is 0.410 e. The van der Waals surface area contributed by atoms with Crippen molar-refractivity contribution in [1.82, 2.24) is 10.2 Å². The van der Waals surface area contributed by atoms with E-state index in [9.17, 15) is 9.90 Å². The Balaban J connectivity index is 1.91. The molecule has 0 aliphatic carbocycles. The van der Waals surface area contributed by atoms with Crippen LogP contribution < -0.4 is 5.32 Å². The number of nitrogens with one attached hydrogen (secondary N) is 1. The number of methoxy groups -OCH3 is 1. The molecule has 2 N–H and O–H groups in total. The maximum Gasteiger partial charge on any atom is 0.410 e. The van der Waals surface area contributed by atoms with E-state index in [1.807, 2.05) is 32.9 Å². The number of phenols is 1. The fraction of sp³-hybridized carbons (Fsp3) is 0.632. The Morgan fingerprint density at radius 2 is 1.96 bits per heavy atom. The minimum Gasteiger partial charge on any atom is -0.508 e. The minimum atomic E-state index is -0.503. The largest absolute Gasteiger partial charge is 0.508 e. The van der Waals surface area contributed by atoms with Gasteiger partial charge < -0.3 is 24.8 Å². The number of carbonyl (C=O) groups is 1. The summed E-state index contributed by atoms with van der Waals surface area (Å²) in [4.78, 5) is 14.0. The average Bonchev–Trinajstić information content (AvgIpc) is 2.91. The van der Waals surface area contributed by atoms with Gasteiger partial charge in [0, 0.05) is 19.7 Å². The molecule has 6 heteroatoms. The SMILES string of the molecule is CO[C@H]1CN(C(=O)OC(C)(C)C)CC1NC(C)Cc1ccc(O)cc1. The van der Waals surface area contributed by atoms with Crippen molar-refractivity contribution in [2.24, 2.45) is 0 Å². The van der Waals surface area contributed by atoms with Crippen LogP contribution in [0.4, 0.5) is 4.79 Å². The summed E-state index contributed by atoms with van der Waals surface area (Å²) in [5.74, 6) is 0.271. The van der Waals surface area contributed by atoms with Gasteiger partial charge >= 0.3 is 6.09 Å². The number of phenolic OH excluding ortho intramolecular Hbond substituents is 1. The zero-order valence-corrected chi connectivity index (χ0v) is 15.8. The normalized spacial score (nSPS) is 22.0. The fourth-order valence-corrected chi connectivity index (χ4v) is 3.06. The topological polar surface area (TPSA) is 71.0 Å². The second kappa shape index (κ2) is 8.06. The molecule has 1 saturated heterocycles. The first kappa shape index (κ1) is 19.5. The minimum absolute atomic E-state index is 0.0598. The number of rotatable bonds is 5. The summed E-state index contributed by atoms with van der Waals surface area (Å²) in [6.07, 6.45) is 0.472. The van der Waals surface area contributed by atoms with E-state index in [4.69, 9.17) is 9.47 Å². The molecule has 2 rings (SSSR count). The van der Waals surface area contributed by atoms with Gasteiger partial charge in [0.15, 0.2) is 0 Å². The number of ether oxygens (including phenoxy) is 2. The molecule has 1 aliphatic rings. The van der Waals surface area contributed by atoms with Crippen LogP contribution in [-0.4, -0.2) is 60.1 Å². The summed E-state index contributed by atoms with van der Waals surface area (Å²) in [5.41, 5.74) is 0.644. The van der Waals surface area contributed by atoms with E-state index in [1.54, 1.807) is 24.1 Å². The number of hydrogen-bond donors (Lipinski definition) is 2. The highest BCUT2D eigenvalue weighted by Gasteiger charge is 2.37. The Labute approximate surface area is 150 Å². The molecule has 0 saturated carbocycles. The van der Waals surface area contributed by atoms with E-state index in [0.717, 1.165) is 12.0 Å². The standard InChI is InChI=1S/C19H30N2O4/c1-13(10-14-6-8-15(22)9-7-14)20-16-11-21(12-17(16)24-5)18(23)25-19(2,3)4/h6-9,13,16-17,20,22H,10-12H2,1-5H3/t13?,16?,17-/m0/s1. The second-order valence-electron chi connectivity index (χ2n) is 7.70. The van der Waals surface area contributed by atoms with Gasteiger partial charge in [0.2, 0.25) is 0 Å². The first-order valence-corrected chi connectivity index (χ1v) is 8.72. The van der Waals surface area contributed by atoms with Crippen LogP contribution in [0.2, 0.25) is 0 Å². The number of benzene rings is 1. The van der Waals surface area contributed by atoms with E-state index in [-0.39, 0.29) is 30.0 Å². The number of aromatic hydroxyl groups is 1. The summed E-state index contributed by atoms with van der Waals surface area (Å²) < 4.78 is 11.0. The third kappa shape index (κ3) is 5.90. The molecule has 1 aromatic rings. The van der Waals surface area contributed by atoms with Crippen LogP contribution in [0.25, 0.3) is 0 Å². The first-order valence-electron chi connectivity index (χ1n) is 8.72. The Morgan fingerprint density at radius 3 is 2.52 bits per heavy atom. The maximum atomic E-state index is 12.3. The molecule has 1 heterocycles. The Bertz CT molecular complexity index is 568. The van der Waals surface area contributed by atoms with E-state index in [1.165, 1.54) is 0 Å². The lowest BCUT2D eigenvalue weighted by Crippen LogP contribution is -2.45. The summed E-state index contributed by atoms with van der Waals surface area (Å²) in [6, 6.07) is 7.50. The van der Waals surface area contributed by atoms with Crippen LogP contribution in [-0.2, 0) is 15.9 Å². The van der Waals surface area contributed by atoms with Crippen molar-refractivity contribution in [3.63, 3.8) is 0 Å². The lowest BCUT2D eigenvalue weighted by Gasteiger charge is -2.25. The predicted octanol–water partition coefficient (Wildman–Crippen LogP) is 2.55. The molecule has 0 radical (unpaired) electrons.